The molecule has 2 atom stereocenters. The number of rotatable bonds is 4. The molecule has 2 aliphatic heterocycles. The fourth-order valence-corrected chi connectivity index (χ4v) is 4.91. The Labute approximate surface area is 188 Å². The van der Waals surface area contributed by atoms with E-state index in [9.17, 15) is 27.5 Å². The first kappa shape index (κ1) is 23.1. The van der Waals surface area contributed by atoms with E-state index in [4.69, 9.17) is 5.26 Å². The lowest BCUT2D eigenvalue weighted by molar-refractivity contribution is -0.137. The molecule has 0 radical (unpaired) electrons. The second kappa shape index (κ2) is 8.67. The normalized spacial score (nSPS) is 22.7. The van der Waals surface area contributed by atoms with Crippen molar-refractivity contribution in [3.8, 4) is 6.07 Å². The standard InChI is InChI=1S/C24H23F4N3O2/c25-19-4-1-16(2-5-19)9-22(33)30-8-7-23(15-32)14-31(13-18(23)12-30)20-6-3-17(11-29)21(10-20)24(26,27)28/h1-6,10,18,32H,7-9,12-15H2/t18-,23+/m1/s1. The van der Waals surface area contributed by atoms with Crippen molar-refractivity contribution >= 4 is 11.6 Å². The highest BCUT2D eigenvalue weighted by atomic mass is 19.4. The summed E-state index contributed by atoms with van der Waals surface area (Å²) in [7, 11) is 0. The van der Waals surface area contributed by atoms with Gasteiger partial charge >= 0.3 is 6.18 Å². The topological polar surface area (TPSA) is 67.6 Å². The van der Waals surface area contributed by atoms with Gasteiger partial charge in [-0.25, -0.2) is 4.39 Å². The molecule has 2 fully saturated rings. The SMILES string of the molecule is N#Cc1ccc(N2C[C@H]3CN(C(=O)Cc4ccc(F)cc4)CC[C@@]3(CO)C2)cc1C(F)(F)F. The minimum atomic E-state index is -4.65. The second-order valence-corrected chi connectivity index (χ2v) is 8.83. The highest BCUT2D eigenvalue weighted by Crippen LogP contribution is 2.45. The van der Waals surface area contributed by atoms with Gasteiger partial charge in [0.25, 0.3) is 0 Å². The number of hydrogen-bond donors (Lipinski definition) is 1. The van der Waals surface area contributed by atoms with E-state index in [-0.39, 0.29) is 30.7 Å². The minimum Gasteiger partial charge on any atom is -0.396 e. The third kappa shape index (κ3) is 4.53. The third-order valence-electron chi connectivity index (χ3n) is 6.86. The number of hydrogen-bond acceptors (Lipinski definition) is 4. The Morgan fingerprint density at radius 1 is 1.18 bits per heavy atom. The third-order valence-corrected chi connectivity index (χ3v) is 6.86. The van der Waals surface area contributed by atoms with E-state index in [1.54, 1.807) is 28.0 Å². The van der Waals surface area contributed by atoms with Gasteiger partial charge in [-0.1, -0.05) is 12.1 Å². The summed E-state index contributed by atoms with van der Waals surface area (Å²) in [4.78, 5) is 16.3. The first-order chi connectivity index (χ1) is 15.6. The van der Waals surface area contributed by atoms with Crippen molar-refractivity contribution in [3.63, 3.8) is 0 Å². The first-order valence-electron chi connectivity index (χ1n) is 10.6. The van der Waals surface area contributed by atoms with Crippen LogP contribution in [0.25, 0.3) is 0 Å². The van der Waals surface area contributed by atoms with E-state index in [0.717, 1.165) is 6.07 Å². The van der Waals surface area contributed by atoms with Crippen LogP contribution in [0.3, 0.4) is 0 Å². The van der Waals surface area contributed by atoms with Crippen molar-refractivity contribution < 1.29 is 27.5 Å². The molecule has 2 aliphatic rings. The largest absolute Gasteiger partial charge is 0.417 e. The molecular formula is C24H23F4N3O2. The molecule has 0 unspecified atom stereocenters. The van der Waals surface area contributed by atoms with Crippen molar-refractivity contribution in [1.82, 2.24) is 4.90 Å². The van der Waals surface area contributed by atoms with Crippen molar-refractivity contribution in [2.24, 2.45) is 11.3 Å². The van der Waals surface area contributed by atoms with Crippen LogP contribution >= 0.6 is 0 Å². The summed E-state index contributed by atoms with van der Waals surface area (Å²) in [5, 5.41) is 19.2. The summed E-state index contributed by atoms with van der Waals surface area (Å²) in [6, 6.07) is 11.0. The van der Waals surface area contributed by atoms with Gasteiger partial charge in [-0.2, -0.15) is 18.4 Å². The molecule has 0 aliphatic carbocycles. The molecule has 2 saturated heterocycles. The monoisotopic (exact) mass is 461 g/mol. The number of benzene rings is 2. The number of fused-ring (bicyclic) bond motifs is 1. The highest BCUT2D eigenvalue weighted by Gasteiger charge is 2.50. The van der Waals surface area contributed by atoms with Crippen LogP contribution in [0, 0.1) is 28.5 Å². The number of piperidine rings is 1. The summed E-state index contributed by atoms with van der Waals surface area (Å²) in [5.41, 5.74) is -0.888. The molecule has 1 N–H and O–H groups in total. The predicted molar refractivity (Wildman–Crippen MR) is 113 cm³/mol. The number of aliphatic hydroxyl groups excluding tert-OH is 1. The molecule has 33 heavy (non-hydrogen) atoms. The lowest BCUT2D eigenvalue weighted by Crippen LogP contribution is -2.51. The average Bonchev–Trinajstić information content (AvgIpc) is 3.19. The van der Waals surface area contributed by atoms with Gasteiger partial charge in [0, 0.05) is 43.2 Å². The number of likely N-dealkylation sites (tertiary alicyclic amines) is 1. The van der Waals surface area contributed by atoms with E-state index >= 15 is 0 Å². The lowest BCUT2D eigenvalue weighted by Gasteiger charge is -2.42. The van der Waals surface area contributed by atoms with Crippen molar-refractivity contribution in [1.29, 1.82) is 5.26 Å². The van der Waals surface area contributed by atoms with Gasteiger partial charge in [-0.3, -0.25) is 4.79 Å². The van der Waals surface area contributed by atoms with Gasteiger partial charge in [0.05, 0.1) is 30.2 Å². The summed E-state index contributed by atoms with van der Waals surface area (Å²) < 4.78 is 53.3. The summed E-state index contributed by atoms with van der Waals surface area (Å²) in [6.07, 6.45) is -3.98. The van der Waals surface area contributed by atoms with Crippen molar-refractivity contribution in [2.45, 2.75) is 19.0 Å². The second-order valence-electron chi connectivity index (χ2n) is 8.83. The van der Waals surface area contributed by atoms with Gasteiger partial charge < -0.3 is 14.9 Å². The zero-order chi connectivity index (χ0) is 23.8. The van der Waals surface area contributed by atoms with Crippen LogP contribution in [0.5, 0.6) is 0 Å². The Balaban J connectivity index is 1.51. The maximum absolute atomic E-state index is 13.4. The lowest BCUT2D eigenvalue weighted by atomic mass is 9.73. The van der Waals surface area contributed by atoms with E-state index in [0.29, 0.717) is 43.9 Å². The minimum absolute atomic E-state index is 0.107. The maximum Gasteiger partial charge on any atom is 0.417 e. The maximum atomic E-state index is 13.4. The average molecular weight is 461 g/mol. The van der Waals surface area contributed by atoms with E-state index in [2.05, 4.69) is 0 Å². The fourth-order valence-electron chi connectivity index (χ4n) is 4.91. The first-order valence-corrected chi connectivity index (χ1v) is 10.6. The van der Waals surface area contributed by atoms with E-state index < -0.39 is 22.7 Å². The van der Waals surface area contributed by atoms with Crippen LogP contribution in [0.4, 0.5) is 23.2 Å². The number of nitriles is 1. The number of nitrogens with zero attached hydrogens (tertiary/aromatic N) is 3. The van der Waals surface area contributed by atoms with Crippen LogP contribution < -0.4 is 4.90 Å². The van der Waals surface area contributed by atoms with Crippen LogP contribution in [0.15, 0.2) is 42.5 Å². The number of amides is 1. The van der Waals surface area contributed by atoms with Crippen molar-refractivity contribution in [2.75, 3.05) is 37.7 Å². The Morgan fingerprint density at radius 2 is 1.91 bits per heavy atom. The van der Waals surface area contributed by atoms with Gasteiger partial charge in [0.2, 0.25) is 5.91 Å². The van der Waals surface area contributed by atoms with Gasteiger partial charge in [-0.05, 0) is 42.3 Å². The Bertz CT molecular complexity index is 1080. The number of carbonyl (C=O) groups excluding carboxylic acids is 1. The molecule has 0 spiro atoms. The molecule has 9 heteroatoms. The predicted octanol–water partition coefficient (Wildman–Crippen LogP) is 3.61. The zero-order valence-corrected chi connectivity index (χ0v) is 17.8. The fraction of sp³-hybridized carbons (Fsp3) is 0.417. The quantitative estimate of drug-likeness (QED) is 0.707. The molecule has 4 rings (SSSR count). The summed E-state index contributed by atoms with van der Waals surface area (Å²) >= 11 is 0. The molecule has 0 bridgehead atoms. The molecule has 2 heterocycles. The van der Waals surface area contributed by atoms with Gasteiger partial charge in [0.15, 0.2) is 0 Å². The van der Waals surface area contributed by atoms with Gasteiger partial charge in [0.1, 0.15) is 5.82 Å². The number of carbonyl (C=O) groups is 1. The van der Waals surface area contributed by atoms with Gasteiger partial charge in [-0.15, -0.1) is 0 Å². The zero-order valence-electron chi connectivity index (χ0n) is 17.8. The molecule has 0 aromatic heterocycles. The number of anilines is 1. The number of aliphatic hydroxyl groups is 1. The Kier molecular flexibility index (Phi) is 6.06. The molecule has 174 valence electrons. The smallest absolute Gasteiger partial charge is 0.396 e. The summed E-state index contributed by atoms with van der Waals surface area (Å²) in [5.74, 6) is -0.595. The van der Waals surface area contributed by atoms with Crippen LogP contribution in [-0.2, 0) is 17.4 Å². The molecule has 5 nitrogen and oxygen atoms in total. The highest BCUT2D eigenvalue weighted by molar-refractivity contribution is 5.79. The molecule has 1 amide bonds. The van der Waals surface area contributed by atoms with E-state index in [1.807, 2.05) is 0 Å². The molecule has 2 aromatic carbocycles. The van der Waals surface area contributed by atoms with Crippen LogP contribution in [0.2, 0.25) is 0 Å². The van der Waals surface area contributed by atoms with Crippen molar-refractivity contribution in [3.05, 3.63) is 65.0 Å². The molecular weight excluding hydrogens is 438 g/mol. The van der Waals surface area contributed by atoms with Crippen LogP contribution in [-0.4, -0.2) is 48.7 Å². The van der Waals surface area contributed by atoms with E-state index in [1.165, 1.54) is 24.3 Å². The Morgan fingerprint density at radius 3 is 2.55 bits per heavy atom. The summed E-state index contributed by atoms with van der Waals surface area (Å²) in [6.45, 7) is 1.46. The number of alkyl halides is 3. The van der Waals surface area contributed by atoms with Crippen LogP contribution in [0.1, 0.15) is 23.1 Å². The molecule has 2 aromatic rings. The molecule has 0 saturated carbocycles. The Hall–Kier alpha value is -3.12. The number of halogens is 4.